The summed E-state index contributed by atoms with van der Waals surface area (Å²) in [5, 5.41) is 0.588. The highest BCUT2D eigenvalue weighted by atomic mass is 35.5. The predicted molar refractivity (Wildman–Crippen MR) is 129 cm³/mol. The Morgan fingerprint density at radius 3 is 2.55 bits per heavy atom. The van der Waals surface area contributed by atoms with E-state index in [4.69, 9.17) is 40.2 Å². The molecule has 1 amide bonds. The number of benzene rings is 3. The summed E-state index contributed by atoms with van der Waals surface area (Å²) in [6.07, 6.45) is 1.74. The van der Waals surface area contributed by atoms with E-state index in [0.29, 0.717) is 32.3 Å². The molecule has 3 nitrogen and oxygen atoms in total. The molecule has 156 valence electrons. The second-order valence-electron chi connectivity index (χ2n) is 6.57. The van der Waals surface area contributed by atoms with E-state index in [1.54, 1.807) is 18.2 Å². The van der Waals surface area contributed by atoms with Gasteiger partial charge in [-0.1, -0.05) is 77.5 Å². The van der Waals surface area contributed by atoms with Crippen LogP contribution in [0.1, 0.15) is 11.1 Å². The number of carbonyl (C=O) groups is 1. The van der Waals surface area contributed by atoms with Gasteiger partial charge in [0.2, 0.25) is 0 Å². The Morgan fingerprint density at radius 1 is 1.06 bits per heavy atom. The third-order valence-corrected chi connectivity index (χ3v) is 6.31. The van der Waals surface area contributed by atoms with E-state index in [-0.39, 0.29) is 10.9 Å². The van der Waals surface area contributed by atoms with E-state index < -0.39 is 5.82 Å². The fourth-order valence-corrected chi connectivity index (χ4v) is 4.52. The van der Waals surface area contributed by atoms with Gasteiger partial charge in [-0.2, -0.15) is 0 Å². The molecule has 0 N–H and O–H groups in total. The third-order valence-electron chi connectivity index (χ3n) is 4.47. The maximum absolute atomic E-state index is 13.5. The summed E-state index contributed by atoms with van der Waals surface area (Å²) in [5.41, 5.74) is 2.14. The Hall–Kier alpha value is -2.38. The molecule has 0 bridgehead atoms. The van der Waals surface area contributed by atoms with Gasteiger partial charge in [-0.15, -0.1) is 0 Å². The van der Waals surface area contributed by atoms with Crippen molar-refractivity contribution in [2.24, 2.45) is 0 Å². The van der Waals surface area contributed by atoms with Crippen LogP contribution in [0.5, 0.6) is 5.75 Å². The Balaban J connectivity index is 1.57. The molecule has 0 aromatic heterocycles. The first-order valence-electron chi connectivity index (χ1n) is 9.11. The first kappa shape index (κ1) is 21.8. The molecule has 31 heavy (non-hydrogen) atoms. The lowest BCUT2D eigenvalue weighted by molar-refractivity contribution is -0.113. The van der Waals surface area contributed by atoms with Crippen LogP contribution in [-0.4, -0.2) is 10.2 Å². The van der Waals surface area contributed by atoms with Crippen molar-refractivity contribution in [1.82, 2.24) is 0 Å². The zero-order valence-corrected chi connectivity index (χ0v) is 19.0. The number of para-hydroxylation sites is 1. The molecule has 0 radical (unpaired) electrons. The number of amides is 1. The van der Waals surface area contributed by atoms with E-state index in [1.165, 1.54) is 34.9 Å². The van der Waals surface area contributed by atoms with Crippen molar-refractivity contribution in [3.8, 4) is 5.75 Å². The molecule has 0 saturated carbocycles. The summed E-state index contributed by atoms with van der Waals surface area (Å²) in [7, 11) is 0. The van der Waals surface area contributed by atoms with E-state index in [1.807, 2.05) is 36.4 Å². The van der Waals surface area contributed by atoms with Gasteiger partial charge >= 0.3 is 0 Å². The molecular formula is C23H14Cl2FNO2S2. The van der Waals surface area contributed by atoms with Crippen LogP contribution in [0.15, 0.2) is 71.6 Å². The van der Waals surface area contributed by atoms with Crippen LogP contribution in [0, 0.1) is 5.82 Å². The van der Waals surface area contributed by atoms with Crippen LogP contribution in [0.2, 0.25) is 10.0 Å². The fourth-order valence-electron chi connectivity index (χ4n) is 2.93. The van der Waals surface area contributed by atoms with Gasteiger partial charge in [-0.3, -0.25) is 9.69 Å². The molecule has 0 spiro atoms. The molecule has 8 heteroatoms. The average molecular weight is 490 g/mol. The molecule has 3 aromatic rings. The summed E-state index contributed by atoms with van der Waals surface area (Å²) >= 11 is 18.3. The maximum atomic E-state index is 13.5. The summed E-state index contributed by atoms with van der Waals surface area (Å²) in [6.45, 7) is 0.358. The van der Waals surface area contributed by atoms with Gasteiger partial charge in [0.25, 0.3) is 5.91 Å². The molecule has 0 aliphatic carbocycles. The Kier molecular flexibility index (Phi) is 6.62. The van der Waals surface area contributed by atoms with Crippen LogP contribution in [0.25, 0.3) is 6.08 Å². The summed E-state index contributed by atoms with van der Waals surface area (Å²) in [5.74, 6) is -0.226. The number of ether oxygens (including phenoxy) is 1. The first-order valence-corrected chi connectivity index (χ1v) is 11.1. The van der Waals surface area contributed by atoms with Crippen molar-refractivity contribution >= 4 is 69.2 Å². The van der Waals surface area contributed by atoms with Crippen molar-refractivity contribution in [2.45, 2.75) is 6.61 Å². The van der Waals surface area contributed by atoms with Crippen LogP contribution in [-0.2, 0) is 11.4 Å². The van der Waals surface area contributed by atoms with E-state index >= 15 is 0 Å². The molecular weight excluding hydrogens is 476 g/mol. The number of thiocarbonyl (C=S) groups is 1. The van der Waals surface area contributed by atoms with Gasteiger partial charge in [0.1, 0.15) is 18.2 Å². The predicted octanol–water partition coefficient (Wildman–Crippen LogP) is 7.12. The van der Waals surface area contributed by atoms with Gasteiger partial charge in [0, 0.05) is 10.6 Å². The zero-order chi connectivity index (χ0) is 22.0. The quantitative estimate of drug-likeness (QED) is 0.282. The number of halogens is 3. The number of hydrogen-bond acceptors (Lipinski definition) is 4. The topological polar surface area (TPSA) is 29.5 Å². The highest BCUT2D eigenvalue weighted by molar-refractivity contribution is 8.27. The Bertz CT molecular complexity index is 1200. The average Bonchev–Trinajstić information content (AvgIpc) is 3.03. The van der Waals surface area contributed by atoms with Crippen molar-refractivity contribution in [3.63, 3.8) is 0 Å². The number of anilines is 1. The molecule has 1 fully saturated rings. The number of nitrogens with zero attached hydrogens (tertiary/aromatic N) is 1. The number of hydrogen-bond donors (Lipinski definition) is 0. The van der Waals surface area contributed by atoms with Gasteiger partial charge in [-0.25, -0.2) is 4.39 Å². The minimum Gasteiger partial charge on any atom is -0.488 e. The summed E-state index contributed by atoms with van der Waals surface area (Å²) in [6, 6.07) is 18.9. The highest BCUT2D eigenvalue weighted by Gasteiger charge is 2.33. The largest absolute Gasteiger partial charge is 0.488 e. The molecule has 1 aliphatic rings. The number of carbonyl (C=O) groups excluding carboxylic acids is 1. The molecule has 0 atom stereocenters. The van der Waals surface area contributed by atoms with Crippen molar-refractivity contribution < 1.29 is 13.9 Å². The lowest BCUT2D eigenvalue weighted by Gasteiger charge is -2.14. The third kappa shape index (κ3) is 4.93. The molecule has 0 unspecified atom stereocenters. The molecule has 3 aromatic carbocycles. The Morgan fingerprint density at radius 2 is 1.81 bits per heavy atom. The van der Waals surface area contributed by atoms with E-state index in [9.17, 15) is 9.18 Å². The highest BCUT2D eigenvalue weighted by Crippen LogP contribution is 2.38. The molecule has 4 rings (SSSR count). The molecule has 1 heterocycles. The van der Waals surface area contributed by atoms with E-state index in [2.05, 4.69) is 0 Å². The maximum Gasteiger partial charge on any atom is 0.270 e. The summed E-state index contributed by atoms with van der Waals surface area (Å²) in [4.78, 5) is 14.8. The van der Waals surface area contributed by atoms with Crippen molar-refractivity contribution in [1.29, 1.82) is 0 Å². The lowest BCUT2D eigenvalue weighted by Crippen LogP contribution is -2.27. The molecule has 1 aliphatic heterocycles. The minimum absolute atomic E-state index is 0.0727. The van der Waals surface area contributed by atoms with Crippen LogP contribution >= 0.6 is 47.2 Å². The first-order chi connectivity index (χ1) is 14.9. The van der Waals surface area contributed by atoms with Crippen LogP contribution < -0.4 is 9.64 Å². The normalized spacial score (nSPS) is 15.1. The zero-order valence-electron chi connectivity index (χ0n) is 15.8. The van der Waals surface area contributed by atoms with Crippen molar-refractivity contribution in [3.05, 3.63) is 98.6 Å². The monoisotopic (exact) mass is 489 g/mol. The Labute approximate surface area is 198 Å². The van der Waals surface area contributed by atoms with Gasteiger partial charge < -0.3 is 4.74 Å². The standard InChI is InChI=1S/C23H14Cl2FNO2S2/c24-16-7-5-14(6-8-16)13-29-20-4-2-1-3-15(20)11-21-22(28)27(23(30)31-21)17-9-10-19(26)18(25)12-17/h1-12H,13H2/b21-11+. The number of rotatable bonds is 5. The van der Waals surface area contributed by atoms with E-state index in [0.717, 1.165) is 11.1 Å². The fraction of sp³-hybridized carbons (Fsp3) is 0.0435. The van der Waals surface area contributed by atoms with Gasteiger partial charge in [0.15, 0.2) is 4.32 Å². The number of thioether (sulfide) groups is 1. The summed E-state index contributed by atoms with van der Waals surface area (Å²) < 4.78 is 19.8. The smallest absolute Gasteiger partial charge is 0.270 e. The second kappa shape index (κ2) is 9.40. The lowest BCUT2D eigenvalue weighted by atomic mass is 10.1. The van der Waals surface area contributed by atoms with Crippen LogP contribution in [0.4, 0.5) is 10.1 Å². The minimum atomic E-state index is -0.557. The molecule has 1 saturated heterocycles. The van der Waals surface area contributed by atoms with Crippen molar-refractivity contribution in [2.75, 3.05) is 4.90 Å². The SMILES string of the molecule is O=C1/C(=C\c2ccccc2OCc2ccc(Cl)cc2)SC(=S)N1c1ccc(F)c(Cl)c1. The second-order valence-corrected chi connectivity index (χ2v) is 9.09. The van der Waals surface area contributed by atoms with Gasteiger partial charge in [0.05, 0.1) is 15.6 Å². The van der Waals surface area contributed by atoms with Gasteiger partial charge in [-0.05, 0) is 48.0 Å². The van der Waals surface area contributed by atoms with Crippen LogP contribution in [0.3, 0.4) is 0 Å².